The summed E-state index contributed by atoms with van der Waals surface area (Å²) in [5.74, 6) is 1.87. The molecule has 3 aromatic heterocycles. The summed E-state index contributed by atoms with van der Waals surface area (Å²) >= 11 is 0. The summed E-state index contributed by atoms with van der Waals surface area (Å²) in [5, 5.41) is 11.0. The van der Waals surface area contributed by atoms with Gasteiger partial charge in [-0.3, -0.25) is 4.79 Å². The monoisotopic (exact) mass is 377 g/mol. The van der Waals surface area contributed by atoms with Crippen molar-refractivity contribution in [1.29, 1.82) is 0 Å². The maximum Gasteiger partial charge on any atom is 0.255 e. The molecule has 0 fully saturated rings. The smallest absolute Gasteiger partial charge is 0.255 e. The average molecular weight is 377 g/mol. The predicted molar refractivity (Wildman–Crippen MR) is 102 cm³/mol. The van der Waals surface area contributed by atoms with E-state index < -0.39 is 0 Å². The second-order valence-corrected chi connectivity index (χ2v) is 6.45. The number of rotatable bonds is 5. The molecule has 0 bridgehead atoms. The number of aryl methyl sites for hydroxylation is 3. The van der Waals surface area contributed by atoms with E-state index in [1.807, 2.05) is 20.8 Å². The molecule has 8 heteroatoms. The minimum Gasteiger partial charge on any atom is -0.489 e. The van der Waals surface area contributed by atoms with Gasteiger partial charge >= 0.3 is 0 Å². The summed E-state index contributed by atoms with van der Waals surface area (Å²) in [6.07, 6.45) is 1.73. The van der Waals surface area contributed by atoms with Gasteiger partial charge in [-0.15, -0.1) is 0 Å². The summed E-state index contributed by atoms with van der Waals surface area (Å²) in [5.41, 5.74) is 3.64. The first-order chi connectivity index (χ1) is 13.5. The molecule has 1 N–H and O–H groups in total. The average Bonchev–Trinajstić information content (AvgIpc) is 3.21. The van der Waals surface area contributed by atoms with Crippen LogP contribution in [0.25, 0.3) is 5.65 Å². The van der Waals surface area contributed by atoms with E-state index in [2.05, 4.69) is 20.6 Å². The predicted octanol–water partition coefficient (Wildman–Crippen LogP) is 3.47. The van der Waals surface area contributed by atoms with Crippen LogP contribution in [-0.4, -0.2) is 25.7 Å². The van der Waals surface area contributed by atoms with E-state index in [1.54, 1.807) is 47.1 Å². The lowest BCUT2D eigenvalue weighted by molar-refractivity contribution is 0.102. The molecule has 1 aromatic carbocycles. The third-order valence-corrected chi connectivity index (χ3v) is 4.38. The van der Waals surface area contributed by atoms with Gasteiger partial charge in [0.15, 0.2) is 5.65 Å². The number of amides is 1. The summed E-state index contributed by atoms with van der Waals surface area (Å²) in [7, 11) is 0. The highest BCUT2D eigenvalue weighted by atomic mass is 16.5. The number of hydrogen-bond acceptors (Lipinski definition) is 6. The van der Waals surface area contributed by atoms with Crippen molar-refractivity contribution in [3.63, 3.8) is 0 Å². The van der Waals surface area contributed by atoms with Crippen molar-refractivity contribution >= 4 is 17.2 Å². The Morgan fingerprint density at radius 1 is 1.14 bits per heavy atom. The molecule has 4 rings (SSSR count). The Kier molecular flexibility index (Phi) is 4.52. The van der Waals surface area contributed by atoms with Gasteiger partial charge in [0.1, 0.15) is 23.9 Å². The number of aromatic nitrogens is 4. The second kappa shape index (κ2) is 7.15. The lowest BCUT2D eigenvalue weighted by Gasteiger charge is -2.08. The molecule has 0 spiro atoms. The fourth-order valence-electron chi connectivity index (χ4n) is 2.84. The Balaban J connectivity index is 1.41. The maximum absolute atomic E-state index is 12.5. The van der Waals surface area contributed by atoms with Crippen molar-refractivity contribution in [3.8, 4) is 5.75 Å². The van der Waals surface area contributed by atoms with Crippen LogP contribution in [0.4, 0.5) is 5.69 Å². The van der Waals surface area contributed by atoms with Crippen LogP contribution in [0.15, 0.2) is 47.1 Å². The van der Waals surface area contributed by atoms with Gasteiger partial charge in [0.2, 0.25) is 0 Å². The number of carbonyl (C=O) groups excluding carboxylic acids is 1. The Bertz CT molecular complexity index is 1130. The molecule has 0 radical (unpaired) electrons. The third kappa shape index (κ3) is 3.57. The Labute approximate surface area is 161 Å². The number of benzene rings is 1. The zero-order chi connectivity index (χ0) is 19.7. The van der Waals surface area contributed by atoms with Gasteiger partial charge < -0.3 is 14.6 Å². The number of fused-ring (bicyclic) bond motifs is 1. The summed E-state index contributed by atoms with van der Waals surface area (Å²) < 4.78 is 12.5. The van der Waals surface area contributed by atoms with Crippen molar-refractivity contribution in [2.24, 2.45) is 0 Å². The summed E-state index contributed by atoms with van der Waals surface area (Å²) in [6.45, 7) is 5.91. The van der Waals surface area contributed by atoms with Gasteiger partial charge in [-0.2, -0.15) is 5.10 Å². The zero-order valence-electron chi connectivity index (χ0n) is 15.8. The van der Waals surface area contributed by atoms with Crippen LogP contribution in [0.3, 0.4) is 0 Å². The first-order valence-corrected chi connectivity index (χ1v) is 8.78. The van der Waals surface area contributed by atoms with Crippen LogP contribution in [0.2, 0.25) is 0 Å². The van der Waals surface area contributed by atoms with Crippen LogP contribution >= 0.6 is 0 Å². The molecule has 0 saturated carbocycles. The van der Waals surface area contributed by atoms with Crippen LogP contribution in [0, 0.1) is 20.8 Å². The molecule has 0 saturated heterocycles. The van der Waals surface area contributed by atoms with Gasteiger partial charge in [0.25, 0.3) is 5.91 Å². The molecule has 0 aliphatic carbocycles. The van der Waals surface area contributed by atoms with Crippen LogP contribution < -0.4 is 10.1 Å². The molecule has 0 aliphatic heterocycles. The number of ether oxygens (including phenoxy) is 1. The van der Waals surface area contributed by atoms with Crippen LogP contribution in [0.5, 0.6) is 5.75 Å². The molecule has 0 aliphatic rings. The minimum absolute atomic E-state index is 0.214. The molecule has 1 amide bonds. The van der Waals surface area contributed by atoms with Gasteiger partial charge in [0.05, 0.1) is 23.1 Å². The van der Waals surface area contributed by atoms with Crippen molar-refractivity contribution in [1.82, 2.24) is 19.8 Å². The molecule has 0 unspecified atom stereocenters. The molecule has 8 nitrogen and oxygen atoms in total. The van der Waals surface area contributed by atoms with E-state index in [-0.39, 0.29) is 5.91 Å². The zero-order valence-corrected chi connectivity index (χ0v) is 15.8. The van der Waals surface area contributed by atoms with Crippen LogP contribution in [0.1, 0.15) is 33.2 Å². The van der Waals surface area contributed by atoms with E-state index in [9.17, 15) is 4.79 Å². The van der Waals surface area contributed by atoms with E-state index >= 15 is 0 Å². The summed E-state index contributed by atoms with van der Waals surface area (Å²) in [6, 6.07) is 10.6. The Morgan fingerprint density at radius 3 is 2.64 bits per heavy atom. The van der Waals surface area contributed by atoms with E-state index in [1.165, 1.54) is 0 Å². The number of pyridine rings is 1. The lowest BCUT2D eigenvalue weighted by atomic mass is 10.2. The number of hydrogen-bond donors (Lipinski definition) is 1. The first-order valence-electron chi connectivity index (χ1n) is 8.78. The highest BCUT2D eigenvalue weighted by molar-refractivity contribution is 6.04. The van der Waals surface area contributed by atoms with Gasteiger partial charge in [0, 0.05) is 5.56 Å². The molecule has 142 valence electrons. The Morgan fingerprint density at radius 2 is 1.93 bits per heavy atom. The lowest BCUT2D eigenvalue weighted by Crippen LogP contribution is -2.12. The topological polar surface area (TPSA) is 94.5 Å². The van der Waals surface area contributed by atoms with Gasteiger partial charge in [-0.1, -0.05) is 5.16 Å². The molecule has 28 heavy (non-hydrogen) atoms. The number of anilines is 1. The number of nitrogens with one attached hydrogen (secondary N) is 1. The normalized spacial score (nSPS) is 11.0. The Hall–Kier alpha value is -3.68. The first kappa shape index (κ1) is 17.7. The molecule has 4 aromatic rings. The fraction of sp³-hybridized carbons (Fsp3) is 0.200. The maximum atomic E-state index is 12.5. The molecule has 0 atom stereocenters. The van der Waals surface area contributed by atoms with E-state index in [0.717, 1.165) is 22.7 Å². The van der Waals surface area contributed by atoms with E-state index in [0.29, 0.717) is 29.4 Å². The van der Waals surface area contributed by atoms with Crippen molar-refractivity contribution < 1.29 is 14.1 Å². The largest absolute Gasteiger partial charge is 0.489 e. The second-order valence-electron chi connectivity index (χ2n) is 6.45. The van der Waals surface area contributed by atoms with Crippen molar-refractivity contribution in [2.75, 3.05) is 5.32 Å². The number of nitrogens with zero attached hydrogens (tertiary/aromatic N) is 4. The van der Waals surface area contributed by atoms with Gasteiger partial charge in [-0.05, 0) is 57.2 Å². The fourth-order valence-corrected chi connectivity index (χ4v) is 2.84. The third-order valence-electron chi connectivity index (χ3n) is 4.38. The van der Waals surface area contributed by atoms with Gasteiger partial charge in [-0.25, -0.2) is 9.50 Å². The molecular formula is C20H19N5O3. The quantitative estimate of drug-likeness (QED) is 0.572. The molecular weight excluding hydrogens is 358 g/mol. The highest BCUT2D eigenvalue weighted by Crippen LogP contribution is 2.19. The summed E-state index contributed by atoms with van der Waals surface area (Å²) in [4.78, 5) is 16.7. The minimum atomic E-state index is -0.214. The standard InChI is InChI=1S/C20H19N5O3/c1-12-18(13(2)28-24-12)11-27-17-7-4-15(5-8-17)20(26)22-16-6-9-19-21-14(3)23-25(19)10-16/h4-10H,11H2,1-3H3,(H,22,26). The van der Waals surface area contributed by atoms with Crippen LogP contribution in [-0.2, 0) is 6.61 Å². The van der Waals surface area contributed by atoms with E-state index in [4.69, 9.17) is 9.26 Å². The van der Waals surface area contributed by atoms with Crippen molar-refractivity contribution in [2.45, 2.75) is 27.4 Å². The molecule has 3 heterocycles. The number of carbonyl (C=O) groups is 1. The van der Waals surface area contributed by atoms with Crippen molar-refractivity contribution in [3.05, 3.63) is 71.0 Å². The highest BCUT2D eigenvalue weighted by Gasteiger charge is 2.11. The SMILES string of the molecule is Cc1nc2ccc(NC(=O)c3ccc(OCc4c(C)noc4C)cc3)cn2n1.